The van der Waals surface area contributed by atoms with E-state index in [4.69, 9.17) is 5.73 Å². The van der Waals surface area contributed by atoms with Crippen molar-refractivity contribution in [1.82, 2.24) is 10.2 Å². The summed E-state index contributed by atoms with van der Waals surface area (Å²) in [5.74, 6) is -1.17. The first-order valence-electron chi connectivity index (χ1n) is 12.1. The molecule has 5 rings (SSSR count). The standard InChI is InChI=1S/C26H27N5O5S2/c1-30-14-12-19-21(15-30)37-25(22(19)24(33)29-26(27)34)28-23(32)17-8-10-18(11-9-17)38(35,36)31-13-4-6-16-5-2-3-7-20(16)31/h2-3,5,7-11H,4,6,12-15H2,1H3,(H,28,32)(H3,27,29,33,34). The number of likely N-dealkylation sites (N-methyl/N-ethyl adjacent to an activating group) is 1. The number of primary amides is 1. The number of para-hydroxylation sites is 1. The Balaban J connectivity index is 1.39. The number of carbonyl (C=O) groups is 3. The minimum absolute atomic E-state index is 0.0851. The number of aryl methyl sites for hydroxylation is 1. The van der Waals surface area contributed by atoms with Gasteiger partial charge < -0.3 is 16.0 Å². The molecule has 3 heterocycles. The summed E-state index contributed by atoms with van der Waals surface area (Å²) < 4.78 is 28.2. The molecular formula is C26H27N5O5S2. The lowest BCUT2D eigenvalue weighted by Crippen LogP contribution is -2.36. The zero-order valence-corrected chi connectivity index (χ0v) is 22.3. The summed E-state index contributed by atoms with van der Waals surface area (Å²) in [5.41, 5.74) is 8.06. The molecule has 4 N–H and O–H groups in total. The molecule has 1 aromatic heterocycles. The Hall–Kier alpha value is -3.74. The van der Waals surface area contributed by atoms with Crippen LogP contribution in [0.25, 0.3) is 0 Å². The second-order valence-electron chi connectivity index (χ2n) is 9.30. The van der Waals surface area contributed by atoms with Gasteiger partial charge in [0.05, 0.1) is 16.1 Å². The molecule has 0 fully saturated rings. The molecule has 10 nitrogen and oxygen atoms in total. The van der Waals surface area contributed by atoms with Crippen LogP contribution in [0.1, 0.15) is 43.1 Å². The molecule has 2 aliphatic heterocycles. The third kappa shape index (κ3) is 4.89. The predicted octanol–water partition coefficient (Wildman–Crippen LogP) is 2.94. The molecule has 0 saturated carbocycles. The first-order valence-corrected chi connectivity index (χ1v) is 14.4. The first kappa shape index (κ1) is 25.9. The van der Waals surface area contributed by atoms with Gasteiger partial charge in [0, 0.05) is 30.1 Å². The van der Waals surface area contributed by atoms with Crippen molar-refractivity contribution in [2.75, 3.05) is 29.8 Å². The summed E-state index contributed by atoms with van der Waals surface area (Å²) >= 11 is 1.27. The number of rotatable bonds is 5. The maximum atomic E-state index is 13.4. The molecule has 0 unspecified atom stereocenters. The zero-order valence-electron chi connectivity index (χ0n) is 20.7. The highest BCUT2D eigenvalue weighted by molar-refractivity contribution is 7.92. The van der Waals surface area contributed by atoms with Crippen LogP contribution in [0.5, 0.6) is 0 Å². The number of benzene rings is 2. The molecule has 12 heteroatoms. The predicted molar refractivity (Wildman–Crippen MR) is 145 cm³/mol. The van der Waals surface area contributed by atoms with E-state index in [0.717, 1.165) is 35.4 Å². The number of carbonyl (C=O) groups excluding carboxylic acids is 3. The third-order valence-electron chi connectivity index (χ3n) is 6.71. The Morgan fingerprint density at radius 1 is 0.974 bits per heavy atom. The van der Waals surface area contributed by atoms with E-state index in [-0.39, 0.29) is 16.0 Å². The van der Waals surface area contributed by atoms with Crippen molar-refractivity contribution >= 4 is 49.9 Å². The van der Waals surface area contributed by atoms with Gasteiger partial charge in [0.2, 0.25) is 0 Å². The molecule has 2 aromatic carbocycles. The molecule has 2 aliphatic rings. The number of thiophene rings is 1. The number of hydrogen-bond donors (Lipinski definition) is 3. The topological polar surface area (TPSA) is 142 Å². The van der Waals surface area contributed by atoms with Gasteiger partial charge in [-0.3, -0.25) is 19.2 Å². The van der Waals surface area contributed by atoms with E-state index in [2.05, 4.69) is 15.5 Å². The van der Waals surface area contributed by atoms with Crippen molar-refractivity contribution < 1.29 is 22.8 Å². The van der Waals surface area contributed by atoms with Crippen LogP contribution in [0.4, 0.5) is 15.5 Å². The highest BCUT2D eigenvalue weighted by atomic mass is 32.2. The maximum absolute atomic E-state index is 13.4. The molecule has 38 heavy (non-hydrogen) atoms. The number of nitrogens with one attached hydrogen (secondary N) is 2. The Morgan fingerprint density at radius 3 is 2.45 bits per heavy atom. The van der Waals surface area contributed by atoms with E-state index in [1.54, 1.807) is 6.07 Å². The van der Waals surface area contributed by atoms with Crippen molar-refractivity contribution in [2.45, 2.75) is 30.7 Å². The van der Waals surface area contributed by atoms with Crippen molar-refractivity contribution in [2.24, 2.45) is 5.73 Å². The van der Waals surface area contributed by atoms with E-state index >= 15 is 0 Å². The monoisotopic (exact) mass is 553 g/mol. The highest BCUT2D eigenvalue weighted by Gasteiger charge is 2.30. The smallest absolute Gasteiger partial charge is 0.319 e. The minimum Gasteiger partial charge on any atom is -0.351 e. The zero-order chi connectivity index (χ0) is 27.0. The second-order valence-corrected chi connectivity index (χ2v) is 12.3. The van der Waals surface area contributed by atoms with Gasteiger partial charge in [-0.25, -0.2) is 13.2 Å². The molecule has 0 atom stereocenters. The van der Waals surface area contributed by atoms with Gasteiger partial charge in [0.1, 0.15) is 5.00 Å². The number of fused-ring (bicyclic) bond motifs is 2. The maximum Gasteiger partial charge on any atom is 0.319 e. The largest absolute Gasteiger partial charge is 0.351 e. The number of nitrogens with zero attached hydrogens (tertiary/aromatic N) is 2. The average Bonchev–Trinajstić information content (AvgIpc) is 3.24. The molecule has 0 spiro atoms. The lowest BCUT2D eigenvalue weighted by molar-refractivity contribution is 0.0966. The van der Waals surface area contributed by atoms with E-state index in [1.165, 1.54) is 39.9 Å². The summed E-state index contributed by atoms with van der Waals surface area (Å²) in [6, 6.07) is 12.2. The van der Waals surface area contributed by atoms with Gasteiger partial charge in [-0.1, -0.05) is 18.2 Å². The third-order valence-corrected chi connectivity index (χ3v) is 9.67. The van der Waals surface area contributed by atoms with Crippen molar-refractivity contribution in [3.8, 4) is 0 Å². The molecule has 198 valence electrons. The number of amides is 4. The Bertz CT molecular complexity index is 1530. The fraction of sp³-hybridized carbons (Fsp3) is 0.269. The molecule has 0 radical (unpaired) electrons. The van der Waals surface area contributed by atoms with Crippen LogP contribution < -0.4 is 20.7 Å². The minimum atomic E-state index is -3.81. The van der Waals surface area contributed by atoms with E-state index in [9.17, 15) is 22.8 Å². The van der Waals surface area contributed by atoms with Crippen LogP contribution in [-0.4, -0.2) is 51.3 Å². The van der Waals surface area contributed by atoms with E-state index in [0.29, 0.717) is 30.2 Å². The van der Waals surface area contributed by atoms with E-state index in [1.807, 2.05) is 25.2 Å². The fourth-order valence-corrected chi connectivity index (χ4v) is 7.72. The molecular weight excluding hydrogens is 526 g/mol. The van der Waals surface area contributed by atoms with Gasteiger partial charge >= 0.3 is 6.03 Å². The molecule has 3 aromatic rings. The Kier molecular flexibility index (Phi) is 6.95. The summed E-state index contributed by atoms with van der Waals surface area (Å²) in [7, 11) is -1.85. The Labute approximate surface area is 224 Å². The number of imide groups is 1. The number of hydrogen-bond acceptors (Lipinski definition) is 7. The number of nitrogens with two attached hydrogens (primary N) is 1. The summed E-state index contributed by atoms with van der Waals surface area (Å²) in [5, 5.41) is 5.18. The lowest BCUT2D eigenvalue weighted by Gasteiger charge is -2.30. The molecule has 0 saturated heterocycles. The Morgan fingerprint density at radius 2 is 1.71 bits per heavy atom. The number of anilines is 2. The van der Waals surface area contributed by atoms with Crippen LogP contribution in [0, 0.1) is 0 Å². The summed E-state index contributed by atoms with van der Waals surface area (Å²) in [6.07, 6.45) is 2.14. The van der Waals surface area contributed by atoms with Crippen LogP contribution in [0.3, 0.4) is 0 Å². The van der Waals surface area contributed by atoms with Gasteiger partial charge in [0.15, 0.2) is 0 Å². The first-order chi connectivity index (χ1) is 18.1. The van der Waals surface area contributed by atoms with Crippen LogP contribution in [-0.2, 0) is 29.4 Å². The lowest BCUT2D eigenvalue weighted by atomic mass is 10.0. The van der Waals surface area contributed by atoms with Crippen molar-refractivity contribution in [1.29, 1.82) is 0 Å². The van der Waals surface area contributed by atoms with Crippen molar-refractivity contribution in [3.05, 3.63) is 75.7 Å². The average molecular weight is 554 g/mol. The van der Waals surface area contributed by atoms with Crippen LogP contribution in [0.15, 0.2) is 53.4 Å². The van der Waals surface area contributed by atoms with Gasteiger partial charge in [-0.05, 0) is 67.8 Å². The quantitative estimate of drug-likeness (QED) is 0.444. The van der Waals surface area contributed by atoms with E-state index < -0.39 is 27.9 Å². The van der Waals surface area contributed by atoms with Gasteiger partial charge in [0.25, 0.3) is 21.8 Å². The molecule has 4 amide bonds. The van der Waals surface area contributed by atoms with Gasteiger partial charge in [-0.2, -0.15) is 0 Å². The SMILES string of the molecule is CN1CCc2c(sc(NC(=O)c3ccc(S(=O)(=O)N4CCCc5ccccc54)cc3)c2C(=O)NC(N)=O)C1. The fourth-order valence-electron chi connectivity index (χ4n) is 4.86. The number of sulfonamides is 1. The van der Waals surface area contributed by atoms with Crippen LogP contribution >= 0.6 is 11.3 Å². The highest BCUT2D eigenvalue weighted by Crippen LogP contribution is 2.37. The van der Waals surface area contributed by atoms with Gasteiger partial charge in [-0.15, -0.1) is 11.3 Å². The summed E-state index contributed by atoms with van der Waals surface area (Å²) in [4.78, 5) is 40.3. The van der Waals surface area contributed by atoms with Crippen molar-refractivity contribution in [3.63, 3.8) is 0 Å². The number of urea groups is 1. The normalized spacial score (nSPS) is 15.3. The summed E-state index contributed by atoms with van der Waals surface area (Å²) in [6.45, 7) is 1.72. The molecule has 0 aliphatic carbocycles. The molecule has 0 bridgehead atoms. The second kappa shape index (κ2) is 10.2. The van der Waals surface area contributed by atoms with Crippen LogP contribution in [0.2, 0.25) is 0 Å².